The summed E-state index contributed by atoms with van der Waals surface area (Å²) in [7, 11) is -0.401. The Morgan fingerprint density at radius 1 is 1.24 bits per heavy atom. The number of sulfonamides is 1. The molecule has 0 aliphatic carbocycles. The summed E-state index contributed by atoms with van der Waals surface area (Å²) in [4.78, 5) is 2.48. The minimum Gasteiger partial charge on any atom is -0.397 e. The van der Waals surface area contributed by atoms with Gasteiger partial charge in [0.2, 0.25) is 10.0 Å². The van der Waals surface area contributed by atoms with E-state index in [1.807, 2.05) is 17.8 Å². The molecule has 1 heterocycles. The molecule has 5 nitrogen and oxygen atoms in total. The first kappa shape index (κ1) is 16.5. The molecule has 0 bridgehead atoms. The van der Waals surface area contributed by atoms with Crippen molar-refractivity contribution in [2.45, 2.75) is 29.2 Å². The van der Waals surface area contributed by atoms with Gasteiger partial charge in [-0.15, -0.1) is 0 Å². The van der Waals surface area contributed by atoms with Gasteiger partial charge in [-0.25, -0.2) is 12.7 Å². The number of hydrogen-bond donors (Lipinski definition) is 1. The Bertz CT molecular complexity index is 607. The van der Waals surface area contributed by atoms with E-state index >= 15 is 0 Å². The van der Waals surface area contributed by atoms with E-state index in [9.17, 15) is 8.42 Å². The fraction of sp³-hybridized carbons (Fsp3) is 0.571. The topological polar surface area (TPSA) is 66.6 Å². The van der Waals surface area contributed by atoms with E-state index in [0.717, 1.165) is 18.8 Å². The van der Waals surface area contributed by atoms with Gasteiger partial charge in [0.1, 0.15) is 0 Å². The van der Waals surface area contributed by atoms with E-state index in [1.54, 1.807) is 12.1 Å². The Morgan fingerprint density at radius 3 is 2.29 bits per heavy atom. The lowest BCUT2D eigenvalue weighted by Gasteiger charge is -2.36. The van der Waals surface area contributed by atoms with Gasteiger partial charge in [-0.3, -0.25) is 0 Å². The van der Waals surface area contributed by atoms with Crippen molar-refractivity contribution < 1.29 is 8.42 Å². The van der Waals surface area contributed by atoms with Crippen LogP contribution in [0.2, 0.25) is 0 Å². The maximum atomic E-state index is 12.1. The van der Waals surface area contributed by atoms with E-state index < -0.39 is 10.0 Å². The number of nitrogens with two attached hydrogens (primary N) is 1. The zero-order valence-corrected chi connectivity index (χ0v) is 14.5. The summed E-state index contributed by atoms with van der Waals surface area (Å²) in [5, 5.41) is 1.08. The minimum absolute atomic E-state index is 0.237. The van der Waals surface area contributed by atoms with Crippen molar-refractivity contribution >= 4 is 33.2 Å². The van der Waals surface area contributed by atoms with Crippen LogP contribution in [0.25, 0.3) is 0 Å². The second-order valence-electron chi connectivity index (χ2n) is 5.67. The highest BCUT2D eigenvalue weighted by molar-refractivity contribution is 8.00. The number of rotatable bonds is 3. The first-order chi connectivity index (χ1) is 9.71. The molecule has 1 aliphatic rings. The summed E-state index contributed by atoms with van der Waals surface area (Å²) in [5.41, 5.74) is 7.55. The molecule has 0 amide bonds. The van der Waals surface area contributed by atoms with Gasteiger partial charge in [0, 0.05) is 37.7 Å². The van der Waals surface area contributed by atoms with Crippen molar-refractivity contribution in [3.8, 4) is 0 Å². The van der Waals surface area contributed by atoms with E-state index in [4.69, 9.17) is 5.73 Å². The lowest BCUT2D eigenvalue weighted by molar-refractivity contribution is 0.521. The highest BCUT2D eigenvalue weighted by Gasteiger charge is 2.25. The van der Waals surface area contributed by atoms with Crippen LogP contribution in [0.1, 0.15) is 13.8 Å². The standard InChI is InChI=1S/C14H23N3O2S2/c1-10-8-17(9-11(2)20-10)14-6-5-12(7-13(14)15)21(18,19)16(3)4/h5-7,10-11H,8-9,15H2,1-4H3. The van der Waals surface area contributed by atoms with Crippen molar-refractivity contribution in [3.63, 3.8) is 0 Å². The van der Waals surface area contributed by atoms with E-state index in [-0.39, 0.29) is 4.90 Å². The molecule has 7 heteroatoms. The Hall–Kier alpha value is -0.920. The molecule has 2 N–H and O–H groups in total. The molecule has 1 fully saturated rings. The minimum atomic E-state index is -3.44. The first-order valence-corrected chi connectivity index (χ1v) is 9.32. The highest BCUT2D eigenvalue weighted by Crippen LogP contribution is 2.33. The van der Waals surface area contributed by atoms with Crippen LogP contribution in [0.3, 0.4) is 0 Å². The number of benzene rings is 1. The lowest BCUT2D eigenvalue weighted by atomic mass is 10.2. The van der Waals surface area contributed by atoms with Gasteiger partial charge in [0.15, 0.2) is 0 Å². The number of nitrogens with zero attached hydrogens (tertiary/aromatic N) is 2. The van der Waals surface area contributed by atoms with Crippen LogP contribution >= 0.6 is 11.8 Å². The molecule has 0 aromatic heterocycles. The molecule has 0 spiro atoms. The summed E-state index contributed by atoms with van der Waals surface area (Å²) in [5.74, 6) is 0. The maximum absolute atomic E-state index is 12.1. The molecular formula is C14H23N3O2S2. The van der Waals surface area contributed by atoms with Crippen LogP contribution in [-0.2, 0) is 10.0 Å². The molecule has 0 radical (unpaired) electrons. The smallest absolute Gasteiger partial charge is 0.242 e. The third-order valence-electron chi connectivity index (χ3n) is 3.54. The lowest BCUT2D eigenvalue weighted by Crippen LogP contribution is -2.40. The van der Waals surface area contributed by atoms with Crippen molar-refractivity contribution in [2.24, 2.45) is 0 Å². The number of hydrogen-bond acceptors (Lipinski definition) is 5. The molecule has 2 rings (SSSR count). The Balaban J connectivity index is 2.32. The molecule has 1 saturated heterocycles. The monoisotopic (exact) mass is 329 g/mol. The van der Waals surface area contributed by atoms with Gasteiger partial charge in [-0.05, 0) is 18.2 Å². The molecule has 2 atom stereocenters. The third-order valence-corrected chi connectivity index (χ3v) is 6.58. The largest absolute Gasteiger partial charge is 0.397 e. The normalized spacial score (nSPS) is 23.6. The molecule has 118 valence electrons. The van der Waals surface area contributed by atoms with Crippen LogP contribution in [0.5, 0.6) is 0 Å². The van der Waals surface area contributed by atoms with Crippen molar-refractivity contribution in [1.29, 1.82) is 0 Å². The van der Waals surface area contributed by atoms with Gasteiger partial charge in [-0.2, -0.15) is 11.8 Å². The second-order valence-corrected chi connectivity index (χ2v) is 9.70. The summed E-state index contributed by atoms with van der Waals surface area (Å²) < 4.78 is 25.5. The molecule has 2 unspecified atom stereocenters. The predicted octanol–water partition coefficient (Wildman–Crippen LogP) is 1.85. The van der Waals surface area contributed by atoms with Gasteiger partial charge in [0.05, 0.1) is 16.3 Å². The Kier molecular flexibility index (Phi) is 4.75. The molecule has 0 saturated carbocycles. The van der Waals surface area contributed by atoms with Crippen LogP contribution in [-0.4, -0.2) is 50.4 Å². The summed E-state index contributed by atoms with van der Waals surface area (Å²) in [6.07, 6.45) is 0. The van der Waals surface area contributed by atoms with Crippen molar-refractivity contribution in [1.82, 2.24) is 4.31 Å². The molecule has 21 heavy (non-hydrogen) atoms. The van der Waals surface area contributed by atoms with Gasteiger partial charge in [-0.1, -0.05) is 13.8 Å². The van der Waals surface area contributed by atoms with E-state index in [1.165, 1.54) is 18.4 Å². The zero-order chi connectivity index (χ0) is 15.8. The van der Waals surface area contributed by atoms with E-state index in [0.29, 0.717) is 16.2 Å². The van der Waals surface area contributed by atoms with Gasteiger partial charge in [0.25, 0.3) is 0 Å². The average molecular weight is 329 g/mol. The van der Waals surface area contributed by atoms with Crippen LogP contribution < -0.4 is 10.6 Å². The molecule has 1 aliphatic heterocycles. The highest BCUT2D eigenvalue weighted by atomic mass is 32.2. The number of nitrogen functional groups attached to an aromatic ring is 1. The van der Waals surface area contributed by atoms with Crippen LogP contribution in [0, 0.1) is 0 Å². The average Bonchev–Trinajstić information content (AvgIpc) is 2.37. The maximum Gasteiger partial charge on any atom is 0.242 e. The molecule has 1 aromatic carbocycles. The predicted molar refractivity (Wildman–Crippen MR) is 90.5 cm³/mol. The fourth-order valence-corrected chi connectivity index (χ4v) is 4.83. The SMILES string of the molecule is CC1CN(c2ccc(S(=O)(=O)N(C)C)cc2N)CC(C)S1. The molecular weight excluding hydrogens is 306 g/mol. The number of anilines is 2. The summed E-state index contributed by atoms with van der Waals surface area (Å²) in [6.45, 7) is 6.26. The summed E-state index contributed by atoms with van der Waals surface area (Å²) in [6, 6.07) is 5.01. The van der Waals surface area contributed by atoms with Gasteiger partial charge >= 0.3 is 0 Å². The third kappa shape index (κ3) is 3.46. The van der Waals surface area contributed by atoms with E-state index in [2.05, 4.69) is 18.7 Å². The fourth-order valence-electron chi connectivity index (χ4n) is 2.57. The van der Waals surface area contributed by atoms with Gasteiger partial charge < -0.3 is 10.6 Å². The Morgan fingerprint density at radius 2 is 1.81 bits per heavy atom. The number of thioether (sulfide) groups is 1. The van der Waals surface area contributed by atoms with Crippen molar-refractivity contribution in [2.75, 3.05) is 37.8 Å². The van der Waals surface area contributed by atoms with Crippen LogP contribution in [0.15, 0.2) is 23.1 Å². The Labute approximate surface area is 131 Å². The quantitative estimate of drug-likeness (QED) is 0.857. The van der Waals surface area contributed by atoms with Crippen LogP contribution in [0.4, 0.5) is 11.4 Å². The zero-order valence-electron chi connectivity index (χ0n) is 12.9. The molecule has 1 aromatic rings. The summed E-state index contributed by atoms with van der Waals surface area (Å²) >= 11 is 1.97. The van der Waals surface area contributed by atoms with Crippen molar-refractivity contribution in [3.05, 3.63) is 18.2 Å². The first-order valence-electron chi connectivity index (χ1n) is 6.94. The second kappa shape index (κ2) is 6.06.